The number of anilines is 1. The third-order valence-corrected chi connectivity index (χ3v) is 8.99. The number of hydrogen-bond acceptors (Lipinski definition) is 3. The van der Waals surface area contributed by atoms with Gasteiger partial charge in [0.25, 0.3) is 5.91 Å². The zero-order valence-electron chi connectivity index (χ0n) is 25.8. The van der Waals surface area contributed by atoms with Crippen molar-refractivity contribution in [2.45, 2.75) is 31.0 Å². The number of fused-ring (bicyclic) bond motifs is 4. The van der Waals surface area contributed by atoms with E-state index >= 15 is 0 Å². The first-order valence-corrected chi connectivity index (χ1v) is 15.7. The van der Waals surface area contributed by atoms with Crippen molar-refractivity contribution in [2.75, 3.05) is 11.9 Å². The fourth-order valence-corrected chi connectivity index (χ4v) is 6.87. The molecular weight excluding hydrogens is 613 g/mol. The predicted octanol–water partition coefficient (Wildman–Crippen LogP) is 8.38. The van der Waals surface area contributed by atoms with Crippen LogP contribution >= 0.6 is 0 Å². The number of amides is 2. The zero-order valence-corrected chi connectivity index (χ0v) is 25.8. The van der Waals surface area contributed by atoms with Crippen LogP contribution in [0, 0.1) is 0 Å². The highest BCUT2D eigenvalue weighted by Gasteiger charge is 2.49. The summed E-state index contributed by atoms with van der Waals surface area (Å²) >= 11 is 0. The van der Waals surface area contributed by atoms with Crippen molar-refractivity contribution >= 4 is 28.5 Å². The number of carbonyl (C=O) groups excluding carboxylic acids is 2. The van der Waals surface area contributed by atoms with Crippen molar-refractivity contribution in [3.63, 3.8) is 0 Å². The molecule has 0 fully saturated rings. The second-order valence-electron chi connectivity index (χ2n) is 11.9. The summed E-state index contributed by atoms with van der Waals surface area (Å²) in [5.74, 6) is -0.901. The van der Waals surface area contributed by atoms with Gasteiger partial charge in [-0.2, -0.15) is 13.2 Å². The molecule has 2 amide bonds. The lowest BCUT2D eigenvalue weighted by molar-refractivity contribution is -0.141. The Kier molecular flexibility index (Phi) is 8.04. The van der Waals surface area contributed by atoms with Gasteiger partial charge in [0.2, 0.25) is 5.91 Å². The highest BCUT2D eigenvalue weighted by Crippen LogP contribution is 2.51. The number of halogens is 3. The van der Waals surface area contributed by atoms with Gasteiger partial charge in [-0.05, 0) is 70.5 Å². The zero-order chi connectivity index (χ0) is 33.3. The number of benzene rings is 5. The molecule has 0 radical (unpaired) electrons. The molecule has 6 nitrogen and oxygen atoms in total. The first kappa shape index (κ1) is 30.9. The van der Waals surface area contributed by atoms with Gasteiger partial charge in [0.15, 0.2) is 0 Å². The van der Waals surface area contributed by atoms with Crippen LogP contribution in [0.3, 0.4) is 0 Å². The average molecular weight is 645 g/mol. The summed E-state index contributed by atoms with van der Waals surface area (Å²) in [6.45, 7) is -0.925. The van der Waals surface area contributed by atoms with Crippen molar-refractivity contribution in [3.05, 3.63) is 144 Å². The van der Waals surface area contributed by atoms with Gasteiger partial charge >= 0.3 is 6.18 Å². The molecule has 0 atom stereocenters. The molecule has 2 N–H and O–H groups in total. The number of nitrogens with zero attached hydrogens (tertiary/aromatic N) is 2. The number of rotatable bonds is 9. The minimum absolute atomic E-state index is 0.237. The molecule has 1 heterocycles. The summed E-state index contributed by atoms with van der Waals surface area (Å²) in [5, 5.41) is 5.19. The van der Waals surface area contributed by atoms with E-state index in [0.717, 1.165) is 27.8 Å². The number of hydrogen-bond donors (Lipinski definition) is 2. The predicted molar refractivity (Wildman–Crippen MR) is 181 cm³/mol. The molecule has 0 spiro atoms. The Bertz CT molecular complexity index is 2090. The molecule has 0 bridgehead atoms. The van der Waals surface area contributed by atoms with E-state index in [2.05, 4.69) is 15.6 Å². The molecule has 0 saturated carbocycles. The molecule has 0 unspecified atom stereocenters. The molecule has 1 aliphatic rings. The van der Waals surface area contributed by atoms with E-state index in [9.17, 15) is 22.8 Å². The van der Waals surface area contributed by atoms with Gasteiger partial charge in [-0.25, -0.2) is 4.98 Å². The largest absolute Gasteiger partial charge is 0.405 e. The summed E-state index contributed by atoms with van der Waals surface area (Å²) in [5.41, 5.74) is 6.28. The maximum Gasteiger partial charge on any atom is 0.405 e. The first-order valence-electron chi connectivity index (χ1n) is 15.7. The van der Waals surface area contributed by atoms with E-state index < -0.39 is 24.0 Å². The Morgan fingerprint density at radius 2 is 1.38 bits per heavy atom. The fraction of sp³-hybridized carbons (Fsp3) is 0.154. The van der Waals surface area contributed by atoms with Gasteiger partial charge in [0.05, 0.1) is 17.4 Å². The van der Waals surface area contributed by atoms with Crippen molar-refractivity contribution < 1.29 is 22.8 Å². The molecule has 9 heteroatoms. The molecule has 1 aliphatic carbocycles. The highest BCUT2D eigenvalue weighted by molar-refractivity contribution is 6.09. The SMILES string of the molecule is O=C(Nc1ccc2c(c1)ncn2CCCC1(C(=O)NCC(F)(F)F)c2ccccc2-c2ccccc21)c1ccccc1-c1ccccc1. The van der Waals surface area contributed by atoms with E-state index in [1.54, 1.807) is 12.4 Å². The topological polar surface area (TPSA) is 76.0 Å². The summed E-state index contributed by atoms with van der Waals surface area (Å²) in [4.78, 5) is 31.7. The van der Waals surface area contributed by atoms with Gasteiger partial charge in [0.1, 0.15) is 12.0 Å². The summed E-state index contributed by atoms with van der Waals surface area (Å²) in [6, 6.07) is 37.5. The molecule has 0 aliphatic heterocycles. The van der Waals surface area contributed by atoms with Gasteiger partial charge in [-0.1, -0.05) is 97.1 Å². The number of alkyl halides is 3. The Hall–Kier alpha value is -5.70. The normalized spacial score (nSPS) is 13.1. The van der Waals surface area contributed by atoms with Crippen molar-refractivity contribution in [3.8, 4) is 22.3 Å². The van der Waals surface area contributed by atoms with E-state index in [1.165, 1.54) is 0 Å². The second kappa shape index (κ2) is 12.5. The van der Waals surface area contributed by atoms with Crippen LogP contribution in [-0.4, -0.2) is 34.1 Å². The number of carbonyl (C=O) groups is 2. The van der Waals surface area contributed by atoms with Crippen LogP contribution in [0.15, 0.2) is 128 Å². The van der Waals surface area contributed by atoms with Gasteiger partial charge in [-0.15, -0.1) is 0 Å². The molecule has 1 aromatic heterocycles. The third kappa shape index (κ3) is 5.72. The molecule has 7 rings (SSSR count). The van der Waals surface area contributed by atoms with Crippen LogP contribution in [0.1, 0.15) is 34.3 Å². The molecule has 6 aromatic rings. The Balaban J connectivity index is 1.11. The maximum atomic E-state index is 13.8. The number of imidazole rings is 1. The van der Waals surface area contributed by atoms with Crippen LogP contribution in [0.4, 0.5) is 18.9 Å². The average Bonchev–Trinajstić information content (AvgIpc) is 3.64. The minimum Gasteiger partial charge on any atom is -0.346 e. The Morgan fingerprint density at radius 3 is 2.06 bits per heavy atom. The van der Waals surface area contributed by atoms with Crippen LogP contribution in [0.2, 0.25) is 0 Å². The minimum atomic E-state index is -4.53. The highest BCUT2D eigenvalue weighted by atomic mass is 19.4. The molecule has 0 saturated heterocycles. The van der Waals surface area contributed by atoms with Crippen LogP contribution in [-0.2, 0) is 16.8 Å². The fourth-order valence-electron chi connectivity index (χ4n) is 6.87. The lowest BCUT2D eigenvalue weighted by Gasteiger charge is -2.31. The third-order valence-electron chi connectivity index (χ3n) is 8.99. The van der Waals surface area contributed by atoms with E-state index in [4.69, 9.17) is 0 Å². The first-order chi connectivity index (χ1) is 23.2. The van der Waals surface area contributed by atoms with E-state index in [-0.39, 0.29) is 5.91 Å². The standard InChI is InChI=1S/C39H31F3N4O2/c40-39(41,42)24-43-37(48)38(32-17-8-6-14-29(32)30-15-7-9-18-33(30)38)21-10-22-46-25-44-34-23-27(19-20-35(34)46)45-36(47)31-16-5-4-13-28(31)26-11-2-1-3-12-26/h1-9,11-20,23,25H,10,21-22,24H2,(H,43,48)(H,45,47). The van der Waals surface area contributed by atoms with Crippen LogP contribution in [0.5, 0.6) is 0 Å². The van der Waals surface area contributed by atoms with E-state index in [0.29, 0.717) is 47.3 Å². The summed E-state index contributed by atoms with van der Waals surface area (Å²) < 4.78 is 41.6. The van der Waals surface area contributed by atoms with Gasteiger partial charge in [-0.3, -0.25) is 9.59 Å². The smallest absolute Gasteiger partial charge is 0.346 e. The molecule has 48 heavy (non-hydrogen) atoms. The Morgan fingerprint density at radius 1 is 0.750 bits per heavy atom. The van der Waals surface area contributed by atoms with Crippen molar-refractivity contribution in [1.29, 1.82) is 0 Å². The van der Waals surface area contributed by atoms with Crippen molar-refractivity contribution in [1.82, 2.24) is 14.9 Å². The van der Waals surface area contributed by atoms with Crippen LogP contribution < -0.4 is 10.6 Å². The quantitative estimate of drug-likeness (QED) is 0.166. The molecular formula is C39H31F3N4O2. The summed E-state index contributed by atoms with van der Waals surface area (Å²) in [7, 11) is 0. The second-order valence-corrected chi connectivity index (χ2v) is 11.9. The molecule has 5 aromatic carbocycles. The maximum absolute atomic E-state index is 13.8. The van der Waals surface area contributed by atoms with E-state index in [1.807, 2.05) is 120 Å². The number of aromatic nitrogens is 2. The summed E-state index contributed by atoms with van der Waals surface area (Å²) in [6.07, 6.45) is -2.05. The van der Waals surface area contributed by atoms with Crippen LogP contribution in [0.25, 0.3) is 33.3 Å². The number of aryl methyl sites for hydroxylation is 1. The van der Waals surface area contributed by atoms with Crippen molar-refractivity contribution in [2.24, 2.45) is 0 Å². The lowest BCUT2D eigenvalue weighted by atomic mass is 9.73. The van der Waals surface area contributed by atoms with Gasteiger partial charge in [0, 0.05) is 17.8 Å². The van der Waals surface area contributed by atoms with Gasteiger partial charge < -0.3 is 15.2 Å². The lowest BCUT2D eigenvalue weighted by Crippen LogP contribution is -2.47. The monoisotopic (exact) mass is 644 g/mol. The Labute approximate surface area is 275 Å². The number of nitrogens with one attached hydrogen (secondary N) is 2. The molecule has 240 valence electrons.